The smallest absolute Gasteiger partial charge is 0.244 e. The van der Waals surface area contributed by atoms with Crippen molar-refractivity contribution in [3.8, 4) is 0 Å². The number of aromatic nitrogens is 3. The molecular weight excluding hydrogens is 254 g/mol. The predicted octanol–water partition coefficient (Wildman–Crippen LogP) is 1.48. The first-order chi connectivity index (χ1) is 9.76. The Labute approximate surface area is 120 Å². The van der Waals surface area contributed by atoms with Crippen LogP contribution in [-0.2, 0) is 4.74 Å². The van der Waals surface area contributed by atoms with Crippen molar-refractivity contribution < 1.29 is 4.74 Å². The van der Waals surface area contributed by atoms with Crippen molar-refractivity contribution in [3.63, 3.8) is 0 Å². The van der Waals surface area contributed by atoms with Gasteiger partial charge in [0.05, 0.1) is 6.10 Å². The fourth-order valence-electron chi connectivity index (χ4n) is 3.26. The summed E-state index contributed by atoms with van der Waals surface area (Å²) in [7, 11) is 2.02. The van der Waals surface area contributed by atoms with Gasteiger partial charge in [0.15, 0.2) is 5.82 Å². The van der Waals surface area contributed by atoms with E-state index in [1.807, 2.05) is 7.05 Å². The molecule has 0 aromatic carbocycles. The first-order valence-electron chi connectivity index (χ1n) is 7.73. The van der Waals surface area contributed by atoms with E-state index in [2.05, 4.69) is 32.3 Å². The van der Waals surface area contributed by atoms with Crippen LogP contribution in [0.5, 0.6) is 0 Å². The minimum absolute atomic E-state index is 0.101. The molecule has 1 aromatic rings. The standard InChI is InChI=1S/C14H25N5O/c1-10-5-6-12(20-10)13-16-14(18-17-13)19-7-3-4-11(9-19)8-15-2/h10-12,15H,3-9H2,1-2H3,(H,16,17,18). The number of nitrogens with one attached hydrogen (secondary N) is 2. The quantitative estimate of drug-likeness (QED) is 0.874. The van der Waals surface area contributed by atoms with E-state index in [0.29, 0.717) is 12.0 Å². The van der Waals surface area contributed by atoms with E-state index in [1.54, 1.807) is 0 Å². The highest BCUT2D eigenvalue weighted by molar-refractivity contribution is 5.30. The van der Waals surface area contributed by atoms with Crippen LogP contribution in [0.15, 0.2) is 0 Å². The van der Waals surface area contributed by atoms with Gasteiger partial charge < -0.3 is 15.0 Å². The first kappa shape index (κ1) is 13.8. The Morgan fingerprint density at radius 1 is 1.40 bits per heavy atom. The topological polar surface area (TPSA) is 66.1 Å². The van der Waals surface area contributed by atoms with Crippen LogP contribution in [0.4, 0.5) is 5.95 Å². The number of nitrogens with zero attached hydrogens (tertiary/aromatic N) is 3. The van der Waals surface area contributed by atoms with E-state index < -0.39 is 0 Å². The molecule has 2 aliphatic heterocycles. The van der Waals surface area contributed by atoms with Crippen LogP contribution in [0.25, 0.3) is 0 Å². The van der Waals surface area contributed by atoms with Gasteiger partial charge in [0.1, 0.15) is 6.10 Å². The molecule has 0 spiro atoms. The van der Waals surface area contributed by atoms with Crippen molar-refractivity contribution in [1.29, 1.82) is 0 Å². The van der Waals surface area contributed by atoms with Gasteiger partial charge >= 0.3 is 0 Å². The van der Waals surface area contributed by atoms with Gasteiger partial charge in [0.2, 0.25) is 5.95 Å². The van der Waals surface area contributed by atoms with Gasteiger partial charge in [-0.15, -0.1) is 5.10 Å². The van der Waals surface area contributed by atoms with Crippen LogP contribution in [0, 0.1) is 5.92 Å². The maximum Gasteiger partial charge on any atom is 0.244 e. The Kier molecular flexibility index (Phi) is 4.21. The van der Waals surface area contributed by atoms with Gasteiger partial charge in [-0.3, -0.25) is 5.10 Å². The van der Waals surface area contributed by atoms with Gasteiger partial charge in [-0.2, -0.15) is 4.98 Å². The number of ether oxygens (including phenoxy) is 1. The maximum atomic E-state index is 5.85. The Morgan fingerprint density at radius 3 is 3.05 bits per heavy atom. The molecule has 0 amide bonds. The second kappa shape index (κ2) is 6.10. The lowest BCUT2D eigenvalue weighted by Crippen LogP contribution is -2.39. The highest BCUT2D eigenvalue weighted by Crippen LogP contribution is 2.31. The number of anilines is 1. The fraction of sp³-hybridized carbons (Fsp3) is 0.857. The van der Waals surface area contributed by atoms with Crippen LogP contribution in [-0.4, -0.2) is 48.0 Å². The lowest BCUT2D eigenvalue weighted by molar-refractivity contribution is 0.0505. The lowest BCUT2D eigenvalue weighted by atomic mass is 9.98. The Morgan fingerprint density at radius 2 is 2.30 bits per heavy atom. The van der Waals surface area contributed by atoms with Crippen molar-refractivity contribution in [3.05, 3.63) is 5.82 Å². The van der Waals surface area contributed by atoms with E-state index in [9.17, 15) is 0 Å². The Bertz CT molecular complexity index is 433. The minimum atomic E-state index is 0.101. The molecule has 112 valence electrons. The number of aromatic amines is 1. The molecule has 0 bridgehead atoms. The van der Waals surface area contributed by atoms with Gasteiger partial charge in [-0.1, -0.05) is 0 Å². The molecule has 3 rings (SSSR count). The largest absolute Gasteiger partial charge is 0.367 e. The van der Waals surface area contributed by atoms with E-state index in [0.717, 1.165) is 44.2 Å². The summed E-state index contributed by atoms with van der Waals surface area (Å²) in [5.74, 6) is 2.42. The molecule has 2 saturated heterocycles. The molecule has 0 aliphatic carbocycles. The number of H-pyrrole nitrogens is 1. The summed E-state index contributed by atoms with van der Waals surface area (Å²) in [5.41, 5.74) is 0. The first-order valence-corrected chi connectivity index (χ1v) is 7.73. The van der Waals surface area contributed by atoms with Gasteiger partial charge in [-0.25, -0.2) is 0 Å². The number of hydrogen-bond donors (Lipinski definition) is 2. The summed E-state index contributed by atoms with van der Waals surface area (Å²) in [6, 6.07) is 0. The van der Waals surface area contributed by atoms with E-state index >= 15 is 0 Å². The highest BCUT2D eigenvalue weighted by Gasteiger charge is 2.28. The molecule has 1 aromatic heterocycles. The molecule has 2 fully saturated rings. The summed E-state index contributed by atoms with van der Waals surface area (Å²) >= 11 is 0. The summed E-state index contributed by atoms with van der Waals surface area (Å²) in [4.78, 5) is 6.95. The average molecular weight is 279 g/mol. The molecule has 3 unspecified atom stereocenters. The van der Waals surface area contributed by atoms with Crippen LogP contribution in [0.3, 0.4) is 0 Å². The molecule has 3 atom stereocenters. The lowest BCUT2D eigenvalue weighted by Gasteiger charge is -2.31. The van der Waals surface area contributed by atoms with Gasteiger partial charge in [0, 0.05) is 13.1 Å². The zero-order valence-corrected chi connectivity index (χ0v) is 12.4. The fourth-order valence-corrected chi connectivity index (χ4v) is 3.26. The van der Waals surface area contributed by atoms with Crippen molar-refractivity contribution in [2.75, 3.05) is 31.6 Å². The third-order valence-corrected chi connectivity index (χ3v) is 4.32. The number of hydrogen-bond acceptors (Lipinski definition) is 5. The summed E-state index contributed by atoms with van der Waals surface area (Å²) in [6.07, 6.45) is 5.09. The van der Waals surface area contributed by atoms with Crippen LogP contribution in [0.1, 0.15) is 44.5 Å². The van der Waals surface area contributed by atoms with Crippen LogP contribution in [0.2, 0.25) is 0 Å². The Hall–Kier alpha value is -1.14. The third-order valence-electron chi connectivity index (χ3n) is 4.32. The van der Waals surface area contributed by atoms with E-state index in [-0.39, 0.29) is 6.10 Å². The third kappa shape index (κ3) is 2.96. The van der Waals surface area contributed by atoms with Crippen molar-refractivity contribution in [2.24, 2.45) is 5.92 Å². The molecule has 2 N–H and O–H groups in total. The minimum Gasteiger partial charge on any atom is -0.367 e. The highest BCUT2D eigenvalue weighted by atomic mass is 16.5. The maximum absolute atomic E-state index is 5.85. The van der Waals surface area contributed by atoms with Gasteiger partial charge in [0.25, 0.3) is 0 Å². The Balaban J connectivity index is 1.64. The molecular formula is C14H25N5O. The molecule has 20 heavy (non-hydrogen) atoms. The SMILES string of the molecule is CNCC1CCCN(c2n[nH]c(C3CCC(C)O3)n2)C1. The molecule has 0 radical (unpaired) electrons. The van der Waals surface area contributed by atoms with Crippen LogP contribution < -0.4 is 10.2 Å². The van der Waals surface area contributed by atoms with Crippen LogP contribution >= 0.6 is 0 Å². The zero-order valence-electron chi connectivity index (χ0n) is 12.4. The monoisotopic (exact) mass is 279 g/mol. The zero-order chi connectivity index (χ0) is 13.9. The van der Waals surface area contributed by atoms with E-state index in [4.69, 9.17) is 4.74 Å². The average Bonchev–Trinajstić information content (AvgIpc) is 3.08. The summed E-state index contributed by atoms with van der Waals surface area (Å²) in [5, 5.41) is 10.7. The van der Waals surface area contributed by atoms with E-state index in [1.165, 1.54) is 12.8 Å². The number of rotatable bonds is 4. The second-order valence-corrected chi connectivity index (χ2v) is 6.05. The molecule has 2 aliphatic rings. The normalized spacial score (nSPS) is 30.9. The summed E-state index contributed by atoms with van der Waals surface area (Å²) in [6.45, 7) is 5.28. The van der Waals surface area contributed by atoms with Gasteiger partial charge in [-0.05, 0) is 52.1 Å². The second-order valence-electron chi connectivity index (χ2n) is 6.05. The van der Waals surface area contributed by atoms with Crippen molar-refractivity contribution in [2.45, 2.75) is 44.8 Å². The summed E-state index contributed by atoms with van der Waals surface area (Å²) < 4.78 is 5.85. The molecule has 6 heteroatoms. The van der Waals surface area contributed by atoms with Crippen molar-refractivity contribution >= 4 is 5.95 Å². The molecule has 6 nitrogen and oxygen atoms in total. The molecule has 3 heterocycles. The molecule has 0 saturated carbocycles. The number of piperidine rings is 1. The predicted molar refractivity (Wildman–Crippen MR) is 77.8 cm³/mol. The van der Waals surface area contributed by atoms with Crippen molar-refractivity contribution in [1.82, 2.24) is 20.5 Å².